The van der Waals surface area contributed by atoms with E-state index in [-0.39, 0.29) is 5.91 Å². The van der Waals surface area contributed by atoms with Gasteiger partial charge in [-0.2, -0.15) is 0 Å². The average molecular weight is 290 g/mol. The molecule has 1 amide bonds. The smallest absolute Gasteiger partial charge is 0.251 e. The summed E-state index contributed by atoms with van der Waals surface area (Å²) in [6.45, 7) is 3.31. The fourth-order valence-corrected chi connectivity index (χ4v) is 3.68. The number of nitrogens with one attached hydrogen (secondary N) is 1. The Kier molecular flexibility index (Phi) is 3.13. The number of carbonyl (C=O) groups is 1. The van der Waals surface area contributed by atoms with E-state index >= 15 is 0 Å². The fourth-order valence-electron chi connectivity index (χ4n) is 3.68. The van der Waals surface area contributed by atoms with Crippen molar-refractivity contribution < 1.29 is 4.79 Å². The van der Waals surface area contributed by atoms with Crippen molar-refractivity contribution in [1.82, 2.24) is 10.2 Å². The number of hydrogen-bond acceptors (Lipinski definition) is 2. The second-order valence-corrected chi connectivity index (χ2v) is 6.31. The topological polar surface area (TPSA) is 32.3 Å². The number of piperidine rings is 1. The summed E-state index contributed by atoms with van der Waals surface area (Å²) in [7, 11) is 0. The van der Waals surface area contributed by atoms with E-state index in [1.807, 2.05) is 36.4 Å². The third kappa shape index (κ3) is 2.26. The van der Waals surface area contributed by atoms with Crippen LogP contribution in [0.1, 0.15) is 22.3 Å². The SMILES string of the molecule is C#Cc1ccc2ccc(C(=O)NC3CN4CCC3C4)cc2c1. The number of terminal acetylenes is 1. The van der Waals surface area contributed by atoms with Gasteiger partial charge in [-0.15, -0.1) is 6.42 Å². The highest BCUT2D eigenvalue weighted by molar-refractivity contribution is 5.99. The Bertz CT molecular complexity index is 790. The van der Waals surface area contributed by atoms with Gasteiger partial charge in [0.25, 0.3) is 5.91 Å². The summed E-state index contributed by atoms with van der Waals surface area (Å²) in [4.78, 5) is 14.9. The molecule has 0 saturated carbocycles. The molecule has 3 heteroatoms. The van der Waals surface area contributed by atoms with Crippen molar-refractivity contribution >= 4 is 16.7 Å². The molecule has 2 aliphatic heterocycles. The lowest BCUT2D eigenvalue weighted by Crippen LogP contribution is -2.43. The predicted octanol–water partition coefficient (Wildman–Crippen LogP) is 2.26. The number of hydrogen-bond donors (Lipinski definition) is 1. The van der Waals surface area contributed by atoms with Crippen LogP contribution in [0.5, 0.6) is 0 Å². The van der Waals surface area contributed by atoms with E-state index in [1.54, 1.807) is 0 Å². The molecule has 2 bridgehead atoms. The van der Waals surface area contributed by atoms with Gasteiger partial charge in [0.05, 0.1) is 0 Å². The molecule has 1 N–H and O–H groups in total. The van der Waals surface area contributed by atoms with Crippen LogP contribution >= 0.6 is 0 Å². The van der Waals surface area contributed by atoms with E-state index < -0.39 is 0 Å². The minimum absolute atomic E-state index is 0.0201. The zero-order chi connectivity index (χ0) is 15.1. The Labute approximate surface area is 130 Å². The highest BCUT2D eigenvalue weighted by atomic mass is 16.1. The third-order valence-electron chi connectivity index (χ3n) is 4.92. The lowest BCUT2D eigenvalue weighted by Gasteiger charge is -2.23. The van der Waals surface area contributed by atoms with Gasteiger partial charge < -0.3 is 10.2 Å². The monoisotopic (exact) mass is 290 g/mol. The molecule has 2 fully saturated rings. The van der Waals surface area contributed by atoms with Gasteiger partial charge in [0.2, 0.25) is 0 Å². The molecule has 0 radical (unpaired) electrons. The molecule has 110 valence electrons. The van der Waals surface area contributed by atoms with Crippen molar-refractivity contribution in [2.24, 2.45) is 5.92 Å². The van der Waals surface area contributed by atoms with Crippen LogP contribution < -0.4 is 5.32 Å². The zero-order valence-corrected chi connectivity index (χ0v) is 12.4. The largest absolute Gasteiger partial charge is 0.348 e. The first-order valence-electron chi connectivity index (χ1n) is 7.76. The Morgan fingerprint density at radius 3 is 2.77 bits per heavy atom. The third-order valence-corrected chi connectivity index (χ3v) is 4.92. The molecule has 2 aromatic carbocycles. The van der Waals surface area contributed by atoms with Gasteiger partial charge in [-0.05, 0) is 53.9 Å². The molecule has 0 aromatic heterocycles. The van der Waals surface area contributed by atoms with E-state index in [2.05, 4.69) is 16.1 Å². The molecule has 2 aromatic rings. The molecular weight excluding hydrogens is 272 g/mol. The molecule has 2 aliphatic rings. The summed E-state index contributed by atoms with van der Waals surface area (Å²) in [6.07, 6.45) is 6.65. The van der Waals surface area contributed by atoms with Crippen LogP contribution in [-0.2, 0) is 0 Å². The molecule has 0 spiro atoms. The second kappa shape index (κ2) is 5.15. The molecular formula is C19H18N2O. The molecule has 3 nitrogen and oxygen atoms in total. The van der Waals surface area contributed by atoms with Gasteiger partial charge in [0, 0.05) is 30.3 Å². The number of benzene rings is 2. The first-order chi connectivity index (χ1) is 10.7. The molecule has 0 aliphatic carbocycles. The fraction of sp³-hybridized carbons (Fsp3) is 0.316. The van der Waals surface area contributed by atoms with Crippen LogP contribution in [0.3, 0.4) is 0 Å². The van der Waals surface area contributed by atoms with Crippen molar-refractivity contribution in [2.75, 3.05) is 19.6 Å². The van der Waals surface area contributed by atoms with E-state index in [0.717, 1.165) is 29.4 Å². The summed E-state index contributed by atoms with van der Waals surface area (Å²) in [6, 6.07) is 12.0. The standard InChI is InChI=1S/C19H18N2O/c1-2-13-3-4-14-5-6-15(10-17(14)9-13)19(22)20-18-12-21-8-7-16(18)11-21/h1,3-6,9-10,16,18H,7-8,11-12H2,(H,20,22). The molecule has 4 rings (SSSR count). The predicted molar refractivity (Wildman–Crippen MR) is 87.7 cm³/mol. The van der Waals surface area contributed by atoms with Crippen molar-refractivity contribution in [3.05, 3.63) is 47.5 Å². The van der Waals surface area contributed by atoms with Crippen molar-refractivity contribution in [1.29, 1.82) is 0 Å². The lowest BCUT2D eigenvalue weighted by molar-refractivity contribution is 0.0924. The maximum Gasteiger partial charge on any atom is 0.251 e. The number of rotatable bonds is 2. The van der Waals surface area contributed by atoms with Gasteiger partial charge in [-0.25, -0.2) is 0 Å². The highest BCUT2D eigenvalue weighted by Crippen LogP contribution is 2.28. The molecule has 3 atom stereocenters. The van der Waals surface area contributed by atoms with Crippen molar-refractivity contribution in [3.63, 3.8) is 0 Å². The van der Waals surface area contributed by atoms with Crippen LogP contribution in [0, 0.1) is 18.3 Å². The van der Waals surface area contributed by atoms with Gasteiger partial charge in [-0.3, -0.25) is 4.79 Å². The average Bonchev–Trinajstić information content (AvgIpc) is 3.16. The van der Waals surface area contributed by atoms with Crippen LogP contribution in [0.15, 0.2) is 36.4 Å². The van der Waals surface area contributed by atoms with Crippen LogP contribution in [-0.4, -0.2) is 36.5 Å². The molecule has 22 heavy (non-hydrogen) atoms. The minimum atomic E-state index is 0.0201. The summed E-state index contributed by atoms with van der Waals surface area (Å²) in [5.74, 6) is 3.28. The Morgan fingerprint density at radius 1 is 1.18 bits per heavy atom. The normalized spacial score (nSPS) is 26.0. The quantitative estimate of drug-likeness (QED) is 0.861. The first kappa shape index (κ1) is 13.4. The number of fused-ring (bicyclic) bond motifs is 3. The van der Waals surface area contributed by atoms with Gasteiger partial charge in [0.15, 0.2) is 0 Å². The maximum atomic E-state index is 12.5. The van der Waals surface area contributed by atoms with Gasteiger partial charge in [0.1, 0.15) is 0 Å². The Morgan fingerprint density at radius 2 is 2.05 bits per heavy atom. The zero-order valence-electron chi connectivity index (χ0n) is 12.4. The second-order valence-electron chi connectivity index (χ2n) is 6.31. The van der Waals surface area contributed by atoms with E-state index in [1.165, 1.54) is 13.0 Å². The van der Waals surface area contributed by atoms with Gasteiger partial charge >= 0.3 is 0 Å². The van der Waals surface area contributed by atoms with Gasteiger partial charge in [-0.1, -0.05) is 18.1 Å². The van der Waals surface area contributed by atoms with E-state index in [4.69, 9.17) is 6.42 Å². The maximum absolute atomic E-state index is 12.5. The van der Waals surface area contributed by atoms with Crippen molar-refractivity contribution in [3.8, 4) is 12.3 Å². The minimum Gasteiger partial charge on any atom is -0.348 e. The van der Waals surface area contributed by atoms with Crippen LogP contribution in [0.25, 0.3) is 10.8 Å². The number of carbonyl (C=O) groups excluding carboxylic acids is 1. The highest BCUT2D eigenvalue weighted by Gasteiger charge is 2.38. The van der Waals surface area contributed by atoms with Crippen LogP contribution in [0.2, 0.25) is 0 Å². The summed E-state index contributed by atoms with van der Waals surface area (Å²) in [5.41, 5.74) is 1.55. The molecule has 2 heterocycles. The summed E-state index contributed by atoms with van der Waals surface area (Å²) >= 11 is 0. The summed E-state index contributed by atoms with van der Waals surface area (Å²) < 4.78 is 0. The van der Waals surface area contributed by atoms with E-state index in [0.29, 0.717) is 17.5 Å². The van der Waals surface area contributed by atoms with Crippen molar-refractivity contribution in [2.45, 2.75) is 12.5 Å². The first-order valence-corrected chi connectivity index (χ1v) is 7.76. The molecule has 3 unspecified atom stereocenters. The number of amides is 1. The number of nitrogens with zero attached hydrogens (tertiary/aromatic N) is 1. The molecule has 2 saturated heterocycles. The Balaban J connectivity index is 1.57. The van der Waals surface area contributed by atoms with E-state index in [9.17, 15) is 4.79 Å². The van der Waals surface area contributed by atoms with Crippen LogP contribution in [0.4, 0.5) is 0 Å². The lowest BCUT2D eigenvalue weighted by atomic mass is 9.99. The summed E-state index contributed by atoms with van der Waals surface area (Å²) in [5, 5.41) is 5.31. The Hall–Kier alpha value is -2.31.